The third-order valence-electron chi connectivity index (χ3n) is 6.89. The van der Waals surface area contributed by atoms with E-state index in [1.807, 2.05) is 55.5 Å². The number of ether oxygens (including phenoxy) is 1. The van der Waals surface area contributed by atoms with Crippen LogP contribution >= 0.6 is 0 Å². The highest BCUT2D eigenvalue weighted by molar-refractivity contribution is 5.89. The lowest BCUT2D eigenvalue weighted by Gasteiger charge is -2.40. The number of alkyl carbamates (subject to hydrolysis) is 1. The first-order valence-electron chi connectivity index (χ1n) is 12.2. The number of nitrogens with zero attached hydrogens (tertiary/aromatic N) is 1. The number of rotatable bonds is 8. The Morgan fingerprint density at radius 1 is 1.11 bits per heavy atom. The minimum Gasteiger partial charge on any atom is -0.481 e. The number of carbonyl (C=O) groups excluding carboxylic acids is 2. The Kier molecular flexibility index (Phi) is 7.40. The van der Waals surface area contributed by atoms with Gasteiger partial charge in [-0.3, -0.25) is 9.59 Å². The van der Waals surface area contributed by atoms with Crippen molar-refractivity contribution >= 4 is 18.0 Å². The third-order valence-corrected chi connectivity index (χ3v) is 6.89. The molecule has 1 aliphatic carbocycles. The van der Waals surface area contributed by atoms with Gasteiger partial charge in [0.05, 0.1) is 12.0 Å². The van der Waals surface area contributed by atoms with Gasteiger partial charge >= 0.3 is 12.1 Å². The van der Waals surface area contributed by atoms with Crippen LogP contribution in [-0.2, 0) is 14.3 Å². The zero-order chi connectivity index (χ0) is 25.0. The molecule has 0 radical (unpaired) electrons. The number of nitrogens with one attached hydrogen (secondary N) is 1. The average molecular weight is 481 g/mol. The van der Waals surface area contributed by atoms with E-state index in [2.05, 4.69) is 5.32 Å². The zero-order valence-corrected chi connectivity index (χ0v) is 19.9. The SMILES string of the molecule is CCCC1(O)CCCN(C(=O)C(CC(=O)O)NC(=O)OCC2c3ccccc3-c3ccccc32)C1. The van der Waals surface area contributed by atoms with Crippen LogP contribution in [0.5, 0.6) is 0 Å². The number of piperidine rings is 1. The van der Waals surface area contributed by atoms with Crippen molar-refractivity contribution in [2.45, 2.75) is 56.6 Å². The minimum absolute atomic E-state index is 0.0633. The highest BCUT2D eigenvalue weighted by Crippen LogP contribution is 2.44. The Hall–Kier alpha value is -3.39. The van der Waals surface area contributed by atoms with Crippen molar-refractivity contribution < 1.29 is 29.3 Å². The Balaban J connectivity index is 1.42. The van der Waals surface area contributed by atoms with Gasteiger partial charge in [0.2, 0.25) is 5.91 Å². The summed E-state index contributed by atoms with van der Waals surface area (Å²) in [5.74, 6) is -1.87. The van der Waals surface area contributed by atoms with Crippen molar-refractivity contribution in [3.63, 3.8) is 0 Å². The van der Waals surface area contributed by atoms with Crippen LogP contribution in [-0.4, -0.2) is 64.4 Å². The van der Waals surface area contributed by atoms with Crippen molar-refractivity contribution in [3.05, 3.63) is 59.7 Å². The first-order valence-corrected chi connectivity index (χ1v) is 12.2. The number of hydrogen-bond acceptors (Lipinski definition) is 5. The van der Waals surface area contributed by atoms with Crippen molar-refractivity contribution in [3.8, 4) is 11.1 Å². The molecule has 3 N–H and O–H groups in total. The number of benzene rings is 2. The third kappa shape index (κ3) is 5.48. The lowest BCUT2D eigenvalue weighted by molar-refractivity contribution is -0.146. The van der Waals surface area contributed by atoms with Gasteiger partial charge in [0, 0.05) is 19.0 Å². The molecule has 2 aliphatic rings. The molecule has 1 aliphatic heterocycles. The number of fused-ring (bicyclic) bond motifs is 3. The fraction of sp³-hybridized carbons (Fsp3) is 0.444. The number of carboxylic acid groups (broad SMARTS) is 1. The second kappa shape index (κ2) is 10.5. The topological polar surface area (TPSA) is 116 Å². The largest absolute Gasteiger partial charge is 0.481 e. The molecule has 8 heteroatoms. The van der Waals surface area contributed by atoms with Gasteiger partial charge in [0.1, 0.15) is 12.6 Å². The van der Waals surface area contributed by atoms with E-state index < -0.39 is 36.0 Å². The molecule has 0 aromatic heterocycles. The van der Waals surface area contributed by atoms with Crippen LogP contribution in [0.2, 0.25) is 0 Å². The Labute approximate surface area is 204 Å². The van der Waals surface area contributed by atoms with Gasteiger partial charge in [-0.2, -0.15) is 0 Å². The summed E-state index contributed by atoms with van der Waals surface area (Å²) in [6.45, 7) is 2.56. The minimum atomic E-state index is -1.27. The summed E-state index contributed by atoms with van der Waals surface area (Å²) < 4.78 is 5.51. The second-order valence-corrected chi connectivity index (χ2v) is 9.46. The fourth-order valence-electron chi connectivity index (χ4n) is 5.35. The van der Waals surface area contributed by atoms with Gasteiger partial charge in [-0.05, 0) is 41.5 Å². The van der Waals surface area contributed by atoms with Gasteiger partial charge in [0.15, 0.2) is 0 Å². The molecule has 0 saturated carbocycles. The predicted molar refractivity (Wildman–Crippen MR) is 130 cm³/mol. The maximum Gasteiger partial charge on any atom is 0.407 e. The van der Waals surface area contributed by atoms with Gasteiger partial charge in [0.25, 0.3) is 0 Å². The van der Waals surface area contributed by atoms with Gasteiger partial charge in [-0.25, -0.2) is 4.79 Å². The number of aliphatic hydroxyl groups is 1. The molecular formula is C27H32N2O6. The summed E-state index contributed by atoms with van der Waals surface area (Å²) in [7, 11) is 0. The molecule has 1 saturated heterocycles. The van der Waals surface area contributed by atoms with E-state index in [1.54, 1.807) is 0 Å². The van der Waals surface area contributed by atoms with Crippen LogP contribution in [0.3, 0.4) is 0 Å². The summed E-state index contributed by atoms with van der Waals surface area (Å²) in [6.07, 6.45) is 1.13. The summed E-state index contributed by atoms with van der Waals surface area (Å²) in [5, 5.41) is 22.6. The van der Waals surface area contributed by atoms with Crippen LogP contribution in [0.1, 0.15) is 56.1 Å². The first kappa shape index (κ1) is 24.7. The summed E-state index contributed by atoms with van der Waals surface area (Å²) in [4.78, 5) is 38.7. The molecule has 1 fully saturated rings. The number of aliphatic carboxylic acids is 1. The molecule has 0 spiro atoms. The molecular weight excluding hydrogens is 448 g/mol. The Bertz CT molecular complexity index is 1050. The van der Waals surface area contributed by atoms with Crippen LogP contribution < -0.4 is 5.32 Å². The fourth-order valence-corrected chi connectivity index (χ4v) is 5.35. The molecule has 2 aromatic rings. The number of likely N-dealkylation sites (tertiary alicyclic amines) is 1. The lowest BCUT2D eigenvalue weighted by atomic mass is 9.88. The molecule has 8 nitrogen and oxygen atoms in total. The number of β-amino-alcohol motifs (C(OH)–C–C–N with tert-alkyl or cyclic N) is 1. The predicted octanol–water partition coefficient (Wildman–Crippen LogP) is 3.52. The molecule has 1 heterocycles. The van der Waals surface area contributed by atoms with Crippen molar-refractivity contribution in [2.75, 3.05) is 19.7 Å². The van der Waals surface area contributed by atoms with E-state index in [0.717, 1.165) is 28.7 Å². The van der Waals surface area contributed by atoms with Gasteiger partial charge in [-0.15, -0.1) is 0 Å². The van der Waals surface area contributed by atoms with E-state index in [-0.39, 0.29) is 19.1 Å². The van der Waals surface area contributed by atoms with Crippen molar-refractivity contribution in [2.24, 2.45) is 0 Å². The van der Waals surface area contributed by atoms with Crippen molar-refractivity contribution in [1.29, 1.82) is 0 Å². The van der Waals surface area contributed by atoms with Crippen molar-refractivity contribution in [1.82, 2.24) is 10.2 Å². The Morgan fingerprint density at radius 3 is 2.34 bits per heavy atom. The smallest absolute Gasteiger partial charge is 0.407 e. The van der Waals surface area contributed by atoms with Gasteiger partial charge in [-0.1, -0.05) is 61.9 Å². The van der Waals surface area contributed by atoms with Gasteiger partial charge < -0.3 is 25.2 Å². The zero-order valence-electron chi connectivity index (χ0n) is 19.9. The molecule has 186 valence electrons. The van der Waals surface area contributed by atoms with E-state index in [0.29, 0.717) is 25.8 Å². The molecule has 2 aromatic carbocycles. The molecule has 0 bridgehead atoms. The standard InChI is InChI=1S/C27H32N2O6/c1-2-12-27(34)13-7-14-29(17-27)25(32)23(15-24(30)31)28-26(33)35-16-22-20-10-5-3-8-18(20)19-9-4-6-11-21(19)22/h3-6,8-11,22-23,34H,2,7,12-17H2,1H3,(H,28,33)(H,30,31). The molecule has 2 unspecified atom stereocenters. The number of carboxylic acids is 1. The monoisotopic (exact) mass is 480 g/mol. The summed E-state index contributed by atoms with van der Waals surface area (Å²) >= 11 is 0. The quantitative estimate of drug-likeness (QED) is 0.532. The highest BCUT2D eigenvalue weighted by atomic mass is 16.5. The molecule has 2 amide bonds. The lowest BCUT2D eigenvalue weighted by Crippen LogP contribution is -2.56. The van der Waals surface area contributed by atoms with Crippen LogP contribution in [0.15, 0.2) is 48.5 Å². The highest BCUT2D eigenvalue weighted by Gasteiger charge is 2.38. The van der Waals surface area contributed by atoms with E-state index in [4.69, 9.17) is 4.74 Å². The average Bonchev–Trinajstić information content (AvgIpc) is 3.15. The number of hydrogen-bond donors (Lipinski definition) is 3. The van der Waals surface area contributed by atoms with Crippen LogP contribution in [0.25, 0.3) is 11.1 Å². The van der Waals surface area contributed by atoms with Crippen LogP contribution in [0, 0.1) is 0 Å². The second-order valence-electron chi connectivity index (χ2n) is 9.46. The summed E-state index contributed by atoms with van der Waals surface area (Å²) in [5.41, 5.74) is 3.33. The maximum atomic E-state index is 13.1. The number of amides is 2. The molecule has 2 atom stereocenters. The Morgan fingerprint density at radius 2 is 1.74 bits per heavy atom. The van der Waals surface area contributed by atoms with E-state index in [9.17, 15) is 24.6 Å². The van der Waals surface area contributed by atoms with E-state index >= 15 is 0 Å². The van der Waals surface area contributed by atoms with Crippen LogP contribution in [0.4, 0.5) is 4.79 Å². The van der Waals surface area contributed by atoms with E-state index in [1.165, 1.54) is 4.90 Å². The first-order chi connectivity index (χ1) is 16.8. The maximum absolute atomic E-state index is 13.1. The summed E-state index contributed by atoms with van der Waals surface area (Å²) in [6, 6.07) is 14.6. The molecule has 4 rings (SSSR count). The molecule has 35 heavy (non-hydrogen) atoms. The number of carbonyl (C=O) groups is 3. The normalized spacial score (nSPS) is 20.0.